The first-order valence-electron chi connectivity index (χ1n) is 3.37. The van der Waals surface area contributed by atoms with Crippen molar-refractivity contribution in [3.63, 3.8) is 0 Å². The lowest BCUT2D eigenvalue weighted by Crippen LogP contribution is -2.38. The number of hydrogen-bond acceptors (Lipinski definition) is 5. The Morgan fingerprint density at radius 1 is 1.75 bits per heavy atom. The van der Waals surface area contributed by atoms with E-state index in [4.69, 9.17) is 10.4 Å². The normalized spacial score (nSPS) is 14.5. The Morgan fingerprint density at radius 3 is 2.67 bits per heavy atom. The Balaban J connectivity index is 3.97. The van der Waals surface area contributed by atoms with Gasteiger partial charge in [0, 0.05) is 6.92 Å². The number of nitrogens with zero attached hydrogens (tertiary/aromatic N) is 1. The monoisotopic (exact) mass is 173 g/mol. The van der Waals surface area contributed by atoms with Gasteiger partial charge in [-0.15, -0.1) is 0 Å². The van der Waals surface area contributed by atoms with E-state index >= 15 is 0 Å². The van der Waals surface area contributed by atoms with Crippen LogP contribution in [0.15, 0.2) is 0 Å². The summed E-state index contributed by atoms with van der Waals surface area (Å²) in [7, 11) is 0. The number of ether oxygens (including phenoxy) is 1. The molecule has 0 fully saturated rings. The number of aliphatic hydroxyl groups is 2. The molecule has 0 radical (unpaired) electrons. The van der Waals surface area contributed by atoms with Crippen LogP contribution in [0.4, 0.5) is 0 Å². The first kappa shape index (κ1) is 10.9. The highest BCUT2D eigenvalue weighted by molar-refractivity contribution is 5.65. The minimum Gasteiger partial charge on any atom is -0.463 e. The van der Waals surface area contributed by atoms with Gasteiger partial charge in [0.15, 0.2) is 0 Å². The van der Waals surface area contributed by atoms with Crippen molar-refractivity contribution < 1.29 is 19.7 Å². The third-order valence-corrected chi connectivity index (χ3v) is 1.25. The molecule has 0 spiro atoms. The summed E-state index contributed by atoms with van der Waals surface area (Å²) in [5.41, 5.74) is -1.62. The molecule has 0 aliphatic rings. The molecule has 0 rings (SSSR count). The summed E-state index contributed by atoms with van der Waals surface area (Å²) >= 11 is 0. The molecular formula is C7H11NO4. The van der Waals surface area contributed by atoms with E-state index < -0.39 is 18.2 Å². The van der Waals surface area contributed by atoms with Crippen LogP contribution >= 0.6 is 0 Å². The lowest BCUT2D eigenvalue weighted by atomic mass is 10.0. The number of carbonyl (C=O) groups is 1. The van der Waals surface area contributed by atoms with E-state index in [0.29, 0.717) is 0 Å². The van der Waals surface area contributed by atoms with Crippen LogP contribution in [-0.2, 0) is 9.53 Å². The van der Waals surface area contributed by atoms with Crippen LogP contribution in [0.1, 0.15) is 13.3 Å². The summed E-state index contributed by atoms with van der Waals surface area (Å²) in [6.45, 7) is 0.227. The maximum atomic E-state index is 10.3. The Labute approximate surface area is 70.2 Å². The highest BCUT2D eigenvalue weighted by Crippen LogP contribution is 2.08. The van der Waals surface area contributed by atoms with E-state index in [9.17, 15) is 9.90 Å². The van der Waals surface area contributed by atoms with Gasteiger partial charge in [-0.25, -0.2) is 0 Å². The van der Waals surface area contributed by atoms with Gasteiger partial charge in [0.1, 0.15) is 12.2 Å². The minimum absolute atomic E-state index is 0.267. The average Bonchev–Trinajstić information content (AvgIpc) is 2.02. The fourth-order valence-electron chi connectivity index (χ4n) is 0.536. The van der Waals surface area contributed by atoms with Crippen LogP contribution in [0.3, 0.4) is 0 Å². The summed E-state index contributed by atoms with van der Waals surface area (Å²) < 4.78 is 4.45. The van der Waals surface area contributed by atoms with Gasteiger partial charge < -0.3 is 14.9 Å². The van der Waals surface area contributed by atoms with E-state index in [-0.39, 0.29) is 13.0 Å². The third kappa shape index (κ3) is 3.91. The van der Waals surface area contributed by atoms with E-state index in [2.05, 4.69) is 4.74 Å². The summed E-state index contributed by atoms with van der Waals surface area (Å²) in [4.78, 5) is 10.3. The second-order valence-electron chi connectivity index (χ2n) is 2.50. The topological polar surface area (TPSA) is 90.6 Å². The van der Waals surface area contributed by atoms with Gasteiger partial charge in [-0.05, 0) is 0 Å². The van der Waals surface area contributed by atoms with E-state index in [1.54, 1.807) is 6.07 Å². The number of nitriles is 1. The molecule has 0 aliphatic carbocycles. The molecule has 2 N–H and O–H groups in total. The van der Waals surface area contributed by atoms with Crippen molar-refractivity contribution in [3.8, 4) is 6.07 Å². The lowest BCUT2D eigenvalue weighted by molar-refractivity contribution is -0.151. The van der Waals surface area contributed by atoms with E-state index in [0.717, 1.165) is 0 Å². The SMILES string of the molecule is CC(=O)OCC(O)(CO)CC#N. The summed E-state index contributed by atoms with van der Waals surface area (Å²) in [5, 5.41) is 26.2. The number of carbonyl (C=O) groups excluding carboxylic acids is 1. The van der Waals surface area contributed by atoms with Crippen molar-refractivity contribution in [2.45, 2.75) is 18.9 Å². The molecule has 0 saturated carbocycles. The minimum atomic E-state index is -1.62. The first-order chi connectivity index (χ1) is 5.54. The highest BCUT2D eigenvalue weighted by atomic mass is 16.5. The second kappa shape index (κ2) is 4.70. The van der Waals surface area contributed by atoms with Crippen molar-refractivity contribution in [2.24, 2.45) is 0 Å². The molecule has 68 valence electrons. The quantitative estimate of drug-likeness (QED) is 0.542. The largest absolute Gasteiger partial charge is 0.463 e. The second-order valence-corrected chi connectivity index (χ2v) is 2.50. The Bertz CT molecular complexity index is 198. The smallest absolute Gasteiger partial charge is 0.302 e. The van der Waals surface area contributed by atoms with Gasteiger partial charge in [-0.3, -0.25) is 4.79 Å². The van der Waals surface area contributed by atoms with Gasteiger partial charge in [0.05, 0.1) is 19.1 Å². The number of esters is 1. The van der Waals surface area contributed by atoms with Crippen LogP contribution < -0.4 is 0 Å². The molecule has 12 heavy (non-hydrogen) atoms. The molecule has 0 heterocycles. The van der Waals surface area contributed by atoms with Gasteiger partial charge in [0.25, 0.3) is 0 Å². The predicted molar refractivity (Wildman–Crippen MR) is 38.9 cm³/mol. The molecule has 0 saturated heterocycles. The average molecular weight is 173 g/mol. The first-order valence-corrected chi connectivity index (χ1v) is 3.37. The summed E-state index contributed by atoms with van der Waals surface area (Å²) in [5.74, 6) is -0.556. The van der Waals surface area contributed by atoms with Gasteiger partial charge >= 0.3 is 5.97 Å². The molecule has 0 bridgehead atoms. The highest BCUT2D eigenvalue weighted by Gasteiger charge is 2.27. The number of aliphatic hydroxyl groups excluding tert-OH is 1. The predicted octanol–water partition coefficient (Wildman–Crippen LogP) is -0.813. The summed E-state index contributed by atoms with van der Waals surface area (Å²) in [6, 6.07) is 1.68. The molecule has 0 amide bonds. The Hall–Kier alpha value is -1.12. The van der Waals surface area contributed by atoms with Crippen LogP contribution in [0.25, 0.3) is 0 Å². The molecule has 0 aromatic rings. The molecule has 1 atom stereocenters. The third-order valence-electron chi connectivity index (χ3n) is 1.25. The zero-order chi connectivity index (χ0) is 9.61. The zero-order valence-electron chi connectivity index (χ0n) is 6.78. The van der Waals surface area contributed by atoms with Crippen molar-refractivity contribution in [1.29, 1.82) is 5.26 Å². The molecule has 5 nitrogen and oxygen atoms in total. The Kier molecular flexibility index (Phi) is 4.26. The van der Waals surface area contributed by atoms with Crippen molar-refractivity contribution >= 4 is 5.97 Å². The van der Waals surface area contributed by atoms with Gasteiger partial charge in [-0.2, -0.15) is 5.26 Å². The van der Waals surface area contributed by atoms with Gasteiger partial charge in [-0.1, -0.05) is 0 Å². The molecule has 0 aliphatic heterocycles. The van der Waals surface area contributed by atoms with Crippen molar-refractivity contribution in [2.75, 3.05) is 13.2 Å². The molecule has 1 unspecified atom stereocenters. The zero-order valence-corrected chi connectivity index (χ0v) is 6.78. The van der Waals surface area contributed by atoms with Gasteiger partial charge in [0.2, 0.25) is 0 Å². The van der Waals surface area contributed by atoms with E-state index in [1.807, 2.05) is 0 Å². The maximum absolute atomic E-state index is 10.3. The van der Waals surface area contributed by atoms with Crippen LogP contribution in [0.5, 0.6) is 0 Å². The standard InChI is InChI=1S/C7H11NO4/c1-6(10)12-5-7(11,4-9)2-3-8/h9,11H,2,4-5H2,1H3. The van der Waals surface area contributed by atoms with Crippen LogP contribution in [0.2, 0.25) is 0 Å². The van der Waals surface area contributed by atoms with Crippen LogP contribution in [0, 0.1) is 11.3 Å². The molecule has 5 heteroatoms. The fourth-order valence-corrected chi connectivity index (χ4v) is 0.536. The molecule has 0 aromatic heterocycles. The van der Waals surface area contributed by atoms with E-state index in [1.165, 1.54) is 6.92 Å². The lowest BCUT2D eigenvalue weighted by Gasteiger charge is -2.21. The Morgan fingerprint density at radius 2 is 2.33 bits per heavy atom. The summed E-state index contributed by atoms with van der Waals surface area (Å²) in [6.07, 6.45) is -0.267. The maximum Gasteiger partial charge on any atom is 0.302 e. The number of hydrogen-bond donors (Lipinski definition) is 2. The van der Waals surface area contributed by atoms with Crippen molar-refractivity contribution in [3.05, 3.63) is 0 Å². The molecular weight excluding hydrogens is 162 g/mol. The fraction of sp³-hybridized carbons (Fsp3) is 0.714. The number of rotatable bonds is 4. The van der Waals surface area contributed by atoms with Crippen molar-refractivity contribution in [1.82, 2.24) is 0 Å². The molecule has 0 aromatic carbocycles. The van der Waals surface area contributed by atoms with Crippen LogP contribution in [-0.4, -0.2) is 35.0 Å².